The van der Waals surface area contributed by atoms with E-state index in [1.807, 2.05) is 35.7 Å². The van der Waals surface area contributed by atoms with E-state index in [0.717, 1.165) is 72.1 Å². The maximum absolute atomic E-state index is 14.2. The summed E-state index contributed by atoms with van der Waals surface area (Å²) in [4.78, 5) is 33.0. The van der Waals surface area contributed by atoms with Crippen LogP contribution >= 0.6 is 11.3 Å². The van der Waals surface area contributed by atoms with Crippen LogP contribution in [0.5, 0.6) is 5.75 Å². The number of hydrogen-bond acceptors (Lipinski definition) is 9. The van der Waals surface area contributed by atoms with Crippen LogP contribution in [-0.2, 0) is 6.54 Å². The number of rotatable bonds is 9. The molecule has 0 bridgehead atoms. The highest BCUT2D eigenvalue weighted by molar-refractivity contribution is 7.09. The first kappa shape index (κ1) is 30.5. The lowest BCUT2D eigenvalue weighted by Crippen LogP contribution is -2.32. The molecule has 1 unspecified atom stereocenters. The quantitative estimate of drug-likeness (QED) is 0.202. The van der Waals surface area contributed by atoms with E-state index < -0.39 is 0 Å². The first-order valence-corrected chi connectivity index (χ1v) is 17.2. The van der Waals surface area contributed by atoms with Crippen LogP contribution in [-0.4, -0.2) is 75.2 Å². The van der Waals surface area contributed by atoms with E-state index in [-0.39, 0.29) is 11.7 Å². The maximum Gasteiger partial charge on any atom is 0.260 e. The van der Waals surface area contributed by atoms with Crippen molar-refractivity contribution in [2.45, 2.75) is 51.7 Å². The number of benzene rings is 2. The molecule has 2 fully saturated rings. The van der Waals surface area contributed by atoms with E-state index in [0.29, 0.717) is 29.6 Å². The fourth-order valence-corrected chi connectivity index (χ4v) is 7.38. The lowest BCUT2D eigenvalue weighted by Gasteiger charge is -2.31. The molecule has 2 saturated heterocycles. The lowest BCUT2D eigenvalue weighted by molar-refractivity contribution is 0.208. The van der Waals surface area contributed by atoms with Crippen LogP contribution in [0.15, 0.2) is 71.1 Å². The molecule has 2 aromatic carbocycles. The summed E-state index contributed by atoms with van der Waals surface area (Å²) in [6.07, 6.45) is 7.17. The highest BCUT2D eigenvalue weighted by atomic mass is 32.1. The smallest absolute Gasteiger partial charge is 0.260 e. The third-order valence-electron chi connectivity index (χ3n) is 9.41. The Morgan fingerprint density at radius 3 is 2.52 bits per heavy atom. The number of aryl methyl sites for hydroxylation is 1. The number of nitrogens with one attached hydrogen (secondary N) is 1. The first-order chi connectivity index (χ1) is 22.4. The zero-order valence-electron chi connectivity index (χ0n) is 26.8. The third kappa shape index (κ3) is 6.56. The predicted octanol–water partition coefficient (Wildman–Crippen LogP) is 6.30. The molecule has 3 aromatic heterocycles. The molecule has 2 aliphatic heterocycles. The van der Waals surface area contributed by atoms with Crippen molar-refractivity contribution < 1.29 is 4.74 Å². The third-order valence-corrected chi connectivity index (χ3v) is 10.2. The molecule has 238 valence electrons. The molecule has 1 atom stereocenters. The van der Waals surface area contributed by atoms with Gasteiger partial charge in [0.25, 0.3) is 5.56 Å². The summed E-state index contributed by atoms with van der Waals surface area (Å²) in [5, 5.41) is 6.90. The average molecular weight is 636 g/mol. The summed E-state index contributed by atoms with van der Waals surface area (Å²) in [6.45, 7) is 10.1. The molecule has 2 aliphatic rings. The Labute approximate surface area is 273 Å². The van der Waals surface area contributed by atoms with Crippen LogP contribution in [0, 0.1) is 6.92 Å². The van der Waals surface area contributed by atoms with E-state index in [9.17, 15) is 4.79 Å². The Balaban J connectivity index is 1.18. The summed E-state index contributed by atoms with van der Waals surface area (Å²) in [7, 11) is 2.12. The summed E-state index contributed by atoms with van der Waals surface area (Å²) >= 11 is 1.53. The molecule has 0 spiro atoms. The topological polar surface area (TPSA) is 88.4 Å². The van der Waals surface area contributed by atoms with Gasteiger partial charge in [0.05, 0.1) is 6.54 Å². The van der Waals surface area contributed by atoms with Crippen molar-refractivity contribution in [3.05, 3.63) is 92.8 Å². The number of hydrogen-bond donors (Lipinski definition) is 1. The van der Waals surface area contributed by atoms with E-state index in [4.69, 9.17) is 9.72 Å². The number of nitrogens with zero attached hydrogens (tertiary/aromatic N) is 6. The van der Waals surface area contributed by atoms with Crippen molar-refractivity contribution in [2.24, 2.45) is 0 Å². The monoisotopic (exact) mass is 635 g/mol. The number of ether oxygens (including phenoxy) is 1. The minimum absolute atomic E-state index is 0.0847. The van der Waals surface area contributed by atoms with Crippen LogP contribution in [0.2, 0.25) is 0 Å². The van der Waals surface area contributed by atoms with Crippen molar-refractivity contribution >= 4 is 34.0 Å². The zero-order valence-corrected chi connectivity index (χ0v) is 27.6. The van der Waals surface area contributed by atoms with Gasteiger partial charge in [-0.15, -0.1) is 11.3 Å². The van der Waals surface area contributed by atoms with Crippen LogP contribution in [0.1, 0.15) is 48.2 Å². The van der Waals surface area contributed by atoms with Gasteiger partial charge < -0.3 is 19.9 Å². The number of piperidine rings is 1. The highest BCUT2D eigenvalue weighted by Gasteiger charge is 2.22. The molecule has 10 heteroatoms. The van der Waals surface area contributed by atoms with Gasteiger partial charge in [-0.25, -0.2) is 9.97 Å². The summed E-state index contributed by atoms with van der Waals surface area (Å²) in [6, 6.07) is 16.4. The largest absolute Gasteiger partial charge is 0.489 e. The number of thiazole rings is 1. The molecule has 46 heavy (non-hydrogen) atoms. The van der Waals surface area contributed by atoms with Crippen molar-refractivity contribution in [1.29, 1.82) is 0 Å². The summed E-state index contributed by atoms with van der Waals surface area (Å²) in [5.74, 6) is 1.83. The molecule has 0 amide bonds. The highest BCUT2D eigenvalue weighted by Crippen LogP contribution is 2.32. The van der Waals surface area contributed by atoms with Crippen LogP contribution in [0.3, 0.4) is 0 Å². The Morgan fingerprint density at radius 1 is 1.00 bits per heavy atom. The Hall–Kier alpha value is -4.12. The summed E-state index contributed by atoms with van der Waals surface area (Å²) in [5.41, 5.74) is 5.41. The fourth-order valence-electron chi connectivity index (χ4n) is 6.78. The number of likely N-dealkylation sites (tertiary alicyclic amines) is 2. The predicted molar refractivity (Wildman–Crippen MR) is 186 cm³/mol. The van der Waals surface area contributed by atoms with Crippen molar-refractivity contribution in [3.63, 3.8) is 0 Å². The van der Waals surface area contributed by atoms with Gasteiger partial charge in [-0.1, -0.05) is 25.1 Å². The van der Waals surface area contributed by atoms with Crippen molar-refractivity contribution in [2.75, 3.05) is 45.1 Å². The number of aromatic nitrogens is 4. The van der Waals surface area contributed by atoms with Gasteiger partial charge in [0, 0.05) is 47.5 Å². The molecular formula is C36H41N7O2S. The second-order valence-electron chi connectivity index (χ2n) is 12.6. The molecule has 7 rings (SSSR count). The molecule has 9 nitrogen and oxygen atoms in total. The van der Waals surface area contributed by atoms with Gasteiger partial charge >= 0.3 is 0 Å². The number of anilines is 2. The number of pyridine rings is 1. The molecule has 0 saturated carbocycles. The minimum atomic E-state index is -0.0847. The van der Waals surface area contributed by atoms with E-state index in [2.05, 4.69) is 64.2 Å². The van der Waals surface area contributed by atoms with Gasteiger partial charge in [0.2, 0.25) is 5.95 Å². The Kier molecular flexibility index (Phi) is 8.84. The SMILES string of the molecule is CCN1CCC(c2ccc(-c3cc4cnc(Nc5ccc(OC6CCN(C)C6)cc5)nc4n(Cc4nccs4)c3=O)c(C)c2)CC1. The molecular weight excluding hydrogens is 595 g/mol. The average Bonchev–Trinajstić information content (AvgIpc) is 3.75. The summed E-state index contributed by atoms with van der Waals surface area (Å²) < 4.78 is 7.88. The van der Waals surface area contributed by atoms with E-state index in [1.165, 1.54) is 29.7 Å². The standard InChI is InChI=1S/C36H41N7O2S/c1-4-42-16-11-25(12-17-42)26-5-10-31(24(2)19-26)32-20-27-21-38-36(40-34(27)43(35(32)44)23-33-37-14-18-46-33)39-28-6-8-29(9-7-28)45-30-13-15-41(3)22-30/h5-10,14,18-21,25,30H,4,11-13,15-17,22-23H2,1-3H3,(H,38,39,40). The number of fused-ring (bicyclic) bond motifs is 1. The van der Waals surface area contributed by atoms with Gasteiger partial charge in [-0.05, 0) is 106 Å². The number of likely N-dealkylation sites (N-methyl/N-ethyl adjacent to an activating group) is 1. The normalized spacial score (nSPS) is 17.9. The Morgan fingerprint density at radius 2 is 1.83 bits per heavy atom. The van der Waals surface area contributed by atoms with Crippen molar-refractivity contribution in [1.82, 2.24) is 29.3 Å². The Bertz CT molecular complexity index is 1860. The van der Waals surface area contributed by atoms with Gasteiger partial charge in [0.15, 0.2) is 0 Å². The lowest BCUT2D eigenvalue weighted by atomic mass is 9.87. The minimum Gasteiger partial charge on any atom is -0.489 e. The van der Waals surface area contributed by atoms with Gasteiger partial charge in [-0.3, -0.25) is 9.36 Å². The van der Waals surface area contributed by atoms with Crippen LogP contribution in [0.25, 0.3) is 22.2 Å². The van der Waals surface area contributed by atoms with Crippen LogP contribution in [0.4, 0.5) is 11.6 Å². The second-order valence-corrected chi connectivity index (χ2v) is 13.5. The zero-order chi connectivity index (χ0) is 31.6. The molecule has 0 aliphatic carbocycles. The fraction of sp³-hybridized carbons (Fsp3) is 0.389. The van der Waals surface area contributed by atoms with E-state index >= 15 is 0 Å². The molecule has 5 heterocycles. The van der Waals surface area contributed by atoms with Crippen LogP contribution < -0.4 is 15.6 Å². The maximum atomic E-state index is 14.2. The molecule has 1 N–H and O–H groups in total. The van der Waals surface area contributed by atoms with Gasteiger partial charge in [-0.2, -0.15) is 4.98 Å². The van der Waals surface area contributed by atoms with E-state index in [1.54, 1.807) is 17.0 Å². The van der Waals surface area contributed by atoms with Crippen molar-refractivity contribution in [3.8, 4) is 16.9 Å². The second kappa shape index (κ2) is 13.3. The van der Waals surface area contributed by atoms with Gasteiger partial charge in [0.1, 0.15) is 22.5 Å². The molecule has 5 aromatic rings. The first-order valence-electron chi connectivity index (χ1n) is 16.3. The molecule has 0 radical (unpaired) electrons.